The number of hydrazine groups is 1. The average molecular weight is 561 g/mol. The first-order chi connectivity index (χ1) is 18.9. The zero-order chi connectivity index (χ0) is 29.0. The molecule has 1 heterocycles. The van der Waals surface area contributed by atoms with Crippen LogP contribution in [0.2, 0.25) is 5.02 Å². The fraction of sp³-hybridized carbons (Fsp3) is 0.312. The number of para-hydroxylation sites is 1. The van der Waals surface area contributed by atoms with Gasteiger partial charge < -0.3 is 14.4 Å². The Bertz CT molecular complexity index is 1470. The topological polar surface area (TPSA) is 79.6 Å². The summed E-state index contributed by atoms with van der Waals surface area (Å²) in [6.45, 7) is 11.0. The molecule has 40 heavy (non-hydrogen) atoms. The summed E-state index contributed by atoms with van der Waals surface area (Å²) >= 11 is 6.38. The molecule has 1 amide bonds. The highest BCUT2D eigenvalue weighted by Crippen LogP contribution is 2.28. The van der Waals surface area contributed by atoms with Crippen LogP contribution in [-0.2, 0) is 25.6 Å². The second-order valence-corrected chi connectivity index (χ2v) is 11.7. The van der Waals surface area contributed by atoms with Crippen molar-refractivity contribution in [3.63, 3.8) is 0 Å². The van der Waals surface area contributed by atoms with Gasteiger partial charge in [-0.3, -0.25) is 10.2 Å². The number of carbonyl (C=O) groups is 1. The number of benzene rings is 3. The Kier molecular flexibility index (Phi) is 8.86. The maximum atomic E-state index is 13.2. The first-order valence-corrected chi connectivity index (χ1v) is 13.7. The monoisotopic (exact) mass is 560 g/mol. The van der Waals surface area contributed by atoms with Crippen LogP contribution in [-0.4, -0.2) is 31.7 Å². The van der Waals surface area contributed by atoms with Crippen molar-refractivity contribution in [3.8, 4) is 22.8 Å². The molecule has 4 aromatic rings. The van der Waals surface area contributed by atoms with Gasteiger partial charge in [0, 0.05) is 48.4 Å². The molecule has 1 aromatic heterocycles. The highest BCUT2D eigenvalue weighted by Gasteiger charge is 2.21. The van der Waals surface area contributed by atoms with E-state index < -0.39 is 0 Å². The lowest BCUT2D eigenvalue weighted by Gasteiger charge is -2.24. The molecule has 0 unspecified atom stereocenters. The number of phenolic OH excluding ortho intramolecular Hbond substituents is 1. The molecule has 0 fully saturated rings. The number of amides is 1. The largest absolute Gasteiger partial charge is 0.508 e. The minimum atomic E-state index is -0.312. The summed E-state index contributed by atoms with van der Waals surface area (Å²) in [5.74, 6) is 1.40. The van der Waals surface area contributed by atoms with E-state index in [0.717, 1.165) is 22.6 Å². The minimum absolute atomic E-state index is 0.0316. The van der Waals surface area contributed by atoms with Crippen molar-refractivity contribution in [2.75, 3.05) is 0 Å². The number of imidazole rings is 1. The van der Waals surface area contributed by atoms with E-state index in [0.29, 0.717) is 35.0 Å². The van der Waals surface area contributed by atoms with Gasteiger partial charge in [-0.2, -0.15) is 0 Å². The summed E-state index contributed by atoms with van der Waals surface area (Å²) in [6, 6.07) is 20.2. The fourth-order valence-corrected chi connectivity index (χ4v) is 4.71. The Morgan fingerprint density at radius 3 is 2.38 bits per heavy atom. The number of rotatable bonds is 9. The molecule has 4 rings (SSSR count). The number of aryl methyl sites for hydroxylation is 1. The molecule has 2 N–H and O–H groups in total. The number of aromatic nitrogens is 2. The molecular formula is C32H37ClN4O3. The van der Waals surface area contributed by atoms with Gasteiger partial charge >= 0.3 is 0 Å². The van der Waals surface area contributed by atoms with Crippen LogP contribution in [0.15, 0.2) is 72.9 Å². The highest BCUT2D eigenvalue weighted by atomic mass is 35.5. The third-order valence-electron chi connectivity index (χ3n) is 6.34. The van der Waals surface area contributed by atoms with Gasteiger partial charge in [0.1, 0.15) is 17.3 Å². The zero-order valence-corrected chi connectivity index (χ0v) is 24.7. The van der Waals surface area contributed by atoms with Gasteiger partial charge in [-0.15, -0.1) is 0 Å². The first-order valence-electron chi connectivity index (χ1n) is 13.3. The first kappa shape index (κ1) is 29.2. The normalized spacial score (nSPS) is 11.7. The summed E-state index contributed by atoms with van der Waals surface area (Å²) in [5.41, 5.74) is 6.96. The number of nitrogens with one attached hydrogen (secondary N) is 1. The molecule has 0 bridgehead atoms. The van der Waals surface area contributed by atoms with E-state index in [4.69, 9.17) is 21.3 Å². The van der Waals surface area contributed by atoms with Crippen LogP contribution in [0.25, 0.3) is 11.3 Å². The fourth-order valence-electron chi connectivity index (χ4n) is 4.49. The van der Waals surface area contributed by atoms with Gasteiger partial charge in [0.05, 0.1) is 16.8 Å². The van der Waals surface area contributed by atoms with E-state index >= 15 is 0 Å². The van der Waals surface area contributed by atoms with Crippen LogP contribution < -0.4 is 10.2 Å². The molecular weight excluding hydrogens is 524 g/mol. The Hall–Kier alpha value is -3.81. The third-order valence-corrected chi connectivity index (χ3v) is 6.63. The van der Waals surface area contributed by atoms with Gasteiger partial charge in [0.15, 0.2) is 0 Å². The summed E-state index contributed by atoms with van der Waals surface area (Å²) in [4.78, 5) is 18.1. The van der Waals surface area contributed by atoms with Crippen molar-refractivity contribution in [1.82, 2.24) is 20.0 Å². The lowest BCUT2D eigenvalue weighted by Crippen LogP contribution is -2.41. The molecule has 210 valence electrons. The number of phenols is 1. The Balaban J connectivity index is 1.54. The third kappa shape index (κ3) is 7.23. The van der Waals surface area contributed by atoms with Crippen molar-refractivity contribution in [1.29, 1.82) is 0 Å². The number of ether oxygens (including phenoxy) is 1. The van der Waals surface area contributed by atoms with Gasteiger partial charge in [-0.1, -0.05) is 74.8 Å². The van der Waals surface area contributed by atoms with Crippen LogP contribution in [0.5, 0.6) is 11.5 Å². The number of hydrogen-bond acceptors (Lipinski definition) is 5. The van der Waals surface area contributed by atoms with Gasteiger partial charge in [0.2, 0.25) is 0 Å². The van der Waals surface area contributed by atoms with Crippen LogP contribution >= 0.6 is 11.6 Å². The van der Waals surface area contributed by atoms with Crippen molar-refractivity contribution < 1.29 is 14.6 Å². The van der Waals surface area contributed by atoms with Crippen molar-refractivity contribution >= 4 is 17.5 Å². The van der Waals surface area contributed by atoms with E-state index in [1.807, 2.05) is 63.5 Å². The Morgan fingerprint density at radius 1 is 1.07 bits per heavy atom. The van der Waals surface area contributed by atoms with Gasteiger partial charge in [0.25, 0.3) is 5.91 Å². The van der Waals surface area contributed by atoms with E-state index in [2.05, 4.69) is 30.8 Å². The van der Waals surface area contributed by atoms with Gasteiger partial charge in [-0.05, 0) is 43.7 Å². The Labute approximate surface area is 241 Å². The number of halogens is 1. The molecule has 0 saturated heterocycles. The predicted octanol–water partition coefficient (Wildman–Crippen LogP) is 6.88. The van der Waals surface area contributed by atoms with Gasteiger partial charge in [-0.25, -0.2) is 9.99 Å². The molecule has 0 radical (unpaired) electrons. The highest BCUT2D eigenvalue weighted by molar-refractivity contribution is 6.32. The maximum Gasteiger partial charge on any atom is 0.265 e. The number of nitrogens with zero attached hydrogens (tertiary/aromatic N) is 3. The van der Waals surface area contributed by atoms with Crippen molar-refractivity contribution in [2.24, 2.45) is 7.05 Å². The second-order valence-electron chi connectivity index (χ2n) is 11.2. The van der Waals surface area contributed by atoms with E-state index in [-0.39, 0.29) is 23.2 Å². The smallest absolute Gasteiger partial charge is 0.265 e. The molecule has 3 aromatic carbocycles. The molecule has 0 saturated carbocycles. The lowest BCUT2D eigenvalue weighted by atomic mass is 9.96. The summed E-state index contributed by atoms with van der Waals surface area (Å²) in [7, 11) is 2.02. The summed E-state index contributed by atoms with van der Waals surface area (Å²) < 4.78 is 7.76. The molecule has 0 spiro atoms. The lowest BCUT2D eigenvalue weighted by molar-refractivity contribution is 0.0757. The standard InChI is InChI=1S/C32H37ClN4O3/c1-21(2)40-29-16-15-24(17-26(29)33)30(39)35-37(19-25-9-7-8-10-28(25)38)18-22-11-13-23(14-12-22)27-20-36(6)31(34-27)32(3,4)5/h7-17,20-21,38H,18-19H2,1-6H3,(H,35,39). The molecule has 0 atom stereocenters. The number of hydrogen-bond donors (Lipinski definition) is 2. The quantitative estimate of drug-likeness (QED) is 0.218. The van der Waals surface area contributed by atoms with Crippen LogP contribution in [0.4, 0.5) is 0 Å². The number of aromatic hydroxyl groups is 1. The Morgan fingerprint density at radius 2 is 1.77 bits per heavy atom. The maximum absolute atomic E-state index is 13.2. The molecule has 8 heteroatoms. The van der Waals surface area contributed by atoms with Crippen LogP contribution in [0.3, 0.4) is 0 Å². The van der Waals surface area contributed by atoms with E-state index in [1.54, 1.807) is 35.3 Å². The molecule has 0 aliphatic rings. The van der Waals surface area contributed by atoms with Crippen molar-refractivity contribution in [3.05, 3.63) is 100 Å². The van der Waals surface area contributed by atoms with Crippen molar-refractivity contribution in [2.45, 2.75) is 59.2 Å². The number of carbonyl (C=O) groups excluding carboxylic acids is 1. The molecule has 0 aliphatic heterocycles. The van der Waals surface area contributed by atoms with E-state index in [1.165, 1.54) is 0 Å². The molecule has 7 nitrogen and oxygen atoms in total. The predicted molar refractivity (Wildman–Crippen MR) is 159 cm³/mol. The average Bonchev–Trinajstić information content (AvgIpc) is 3.29. The van der Waals surface area contributed by atoms with Crippen LogP contribution in [0.1, 0.15) is 61.9 Å². The van der Waals surface area contributed by atoms with E-state index in [9.17, 15) is 9.90 Å². The van der Waals surface area contributed by atoms with Crippen LogP contribution in [0, 0.1) is 0 Å². The SMILES string of the molecule is CC(C)Oc1ccc(C(=O)NN(Cc2ccc(-c3cn(C)c(C(C)(C)C)n3)cc2)Cc2ccccc2O)cc1Cl. The minimum Gasteiger partial charge on any atom is -0.508 e. The second kappa shape index (κ2) is 12.1. The summed E-state index contributed by atoms with van der Waals surface area (Å²) in [5, 5.41) is 12.5. The molecule has 0 aliphatic carbocycles. The summed E-state index contributed by atoms with van der Waals surface area (Å²) in [6.07, 6.45) is 2.01. The zero-order valence-electron chi connectivity index (χ0n) is 23.9.